The number of nitrogens with zero attached hydrogens (tertiary/aromatic N) is 1. The van der Waals surface area contributed by atoms with Gasteiger partial charge in [-0.15, -0.1) is 11.6 Å². The molecule has 0 amide bonds. The van der Waals surface area contributed by atoms with E-state index in [9.17, 15) is 0 Å². The van der Waals surface area contributed by atoms with E-state index in [4.69, 9.17) is 11.6 Å². The first-order valence-corrected chi connectivity index (χ1v) is 6.34. The highest BCUT2D eigenvalue weighted by Gasteiger charge is 2.35. The predicted molar refractivity (Wildman–Crippen MR) is 73.6 cm³/mol. The number of benzene rings is 2. The van der Waals surface area contributed by atoms with Gasteiger partial charge in [-0.05, 0) is 36.0 Å². The van der Waals surface area contributed by atoms with E-state index in [-0.39, 0.29) is 5.00 Å². The van der Waals surface area contributed by atoms with E-state index in [0.29, 0.717) is 0 Å². The Kier molecular flexibility index (Phi) is 2.42. The SMILES string of the molecule is CN(C)C1(Cl)Cc2cccc3cccc(c23)C1. The summed E-state index contributed by atoms with van der Waals surface area (Å²) in [5, 5.41) is 2.74. The summed E-state index contributed by atoms with van der Waals surface area (Å²) in [6, 6.07) is 13.0. The summed E-state index contributed by atoms with van der Waals surface area (Å²) in [5.74, 6) is 0. The summed E-state index contributed by atoms with van der Waals surface area (Å²) in [6.07, 6.45) is 1.83. The fourth-order valence-corrected chi connectivity index (χ4v) is 3.05. The molecule has 2 aromatic rings. The van der Waals surface area contributed by atoms with Gasteiger partial charge in [0.1, 0.15) is 5.00 Å². The molecule has 0 fully saturated rings. The van der Waals surface area contributed by atoms with E-state index in [0.717, 1.165) is 12.8 Å². The summed E-state index contributed by atoms with van der Waals surface area (Å²) in [7, 11) is 4.11. The Balaban J connectivity index is 2.24. The molecule has 1 aliphatic carbocycles. The normalized spacial score (nSPS) is 17.6. The molecule has 0 bridgehead atoms. The molecule has 0 heterocycles. The Labute approximate surface area is 107 Å². The molecule has 0 saturated heterocycles. The minimum atomic E-state index is -0.275. The summed E-state index contributed by atoms with van der Waals surface area (Å²) >= 11 is 6.75. The third kappa shape index (κ3) is 1.65. The van der Waals surface area contributed by atoms with Crippen LogP contribution in [0.3, 0.4) is 0 Å². The number of hydrogen-bond acceptors (Lipinski definition) is 1. The van der Waals surface area contributed by atoms with Crippen molar-refractivity contribution in [3.8, 4) is 0 Å². The lowest BCUT2D eigenvalue weighted by Crippen LogP contribution is -2.44. The van der Waals surface area contributed by atoms with Crippen LogP contribution in [0.1, 0.15) is 11.1 Å². The molecule has 2 heteroatoms. The van der Waals surface area contributed by atoms with Gasteiger partial charge in [-0.25, -0.2) is 0 Å². The number of rotatable bonds is 1. The Morgan fingerprint density at radius 2 is 1.53 bits per heavy atom. The monoisotopic (exact) mass is 245 g/mol. The van der Waals surface area contributed by atoms with E-state index in [1.165, 1.54) is 21.9 Å². The zero-order chi connectivity index (χ0) is 12.0. The van der Waals surface area contributed by atoms with Crippen LogP contribution in [-0.2, 0) is 12.8 Å². The van der Waals surface area contributed by atoms with Crippen LogP contribution in [0.15, 0.2) is 36.4 Å². The first-order valence-electron chi connectivity index (χ1n) is 5.96. The van der Waals surface area contributed by atoms with E-state index < -0.39 is 0 Å². The summed E-state index contributed by atoms with van der Waals surface area (Å²) in [5.41, 5.74) is 2.74. The van der Waals surface area contributed by atoms with Crippen LogP contribution in [0.25, 0.3) is 10.8 Å². The van der Waals surface area contributed by atoms with Crippen LogP contribution in [0, 0.1) is 0 Å². The maximum atomic E-state index is 6.75. The molecule has 0 N–H and O–H groups in total. The molecule has 0 unspecified atom stereocenters. The van der Waals surface area contributed by atoms with E-state index >= 15 is 0 Å². The Morgan fingerprint density at radius 3 is 2.00 bits per heavy atom. The highest BCUT2D eigenvalue weighted by Crippen LogP contribution is 2.38. The molecule has 88 valence electrons. The van der Waals surface area contributed by atoms with Crippen molar-refractivity contribution < 1.29 is 0 Å². The quantitative estimate of drug-likeness (QED) is 0.550. The van der Waals surface area contributed by atoms with E-state index in [1.54, 1.807) is 0 Å². The Bertz CT molecular complexity index is 533. The van der Waals surface area contributed by atoms with Gasteiger partial charge in [0, 0.05) is 12.8 Å². The fraction of sp³-hybridized carbons (Fsp3) is 0.333. The molecule has 1 nitrogen and oxygen atoms in total. The second-order valence-electron chi connectivity index (χ2n) is 5.10. The van der Waals surface area contributed by atoms with E-state index in [2.05, 4.69) is 55.4 Å². The molecular weight excluding hydrogens is 230 g/mol. The maximum Gasteiger partial charge on any atom is 0.104 e. The number of halogens is 1. The van der Waals surface area contributed by atoms with Crippen molar-refractivity contribution in [2.45, 2.75) is 17.8 Å². The lowest BCUT2D eigenvalue weighted by atomic mass is 9.85. The molecule has 0 saturated carbocycles. The summed E-state index contributed by atoms with van der Waals surface area (Å²) in [4.78, 5) is 1.85. The minimum absolute atomic E-state index is 0.275. The van der Waals surface area contributed by atoms with Gasteiger partial charge in [0.05, 0.1) is 0 Å². The van der Waals surface area contributed by atoms with Crippen molar-refractivity contribution >= 4 is 22.4 Å². The van der Waals surface area contributed by atoms with Crippen molar-refractivity contribution in [3.63, 3.8) is 0 Å². The van der Waals surface area contributed by atoms with Gasteiger partial charge in [-0.3, -0.25) is 4.90 Å². The van der Waals surface area contributed by atoms with Gasteiger partial charge in [0.2, 0.25) is 0 Å². The molecular formula is C15H16ClN. The summed E-state index contributed by atoms with van der Waals surface area (Å²) < 4.78 is 0. The zero-order valence-electron chi connectivity index (χ0n) is 10.2. The second-order valence-corrected chi connectivity index (χ2v) is 5.80. The van der Waals surface area contributed by atoms with Gasteiger partial charge in [0.15, 0.2) is 0 Å². The molecule has 0 atom stereocenters. The van der Waals surface area contributed by atoms with Crippen molar-refractivity contribution in [2.75, 3.05) is 14.1 Å². The van der Waals surface area contributed by atoms with Crippen LogP contribution in [0.5, 0.6) is 0 Å². The number of alkyl halides is 1. The first-order chi connectivity index (χ1) is 8.10. The molecule has 2 aromatic carbocycles. The third-order valence-corrected chi connectivity index (χ3v) is 4.41. The lowest BCUT2D eigenvalue weighted by molar-refractivity contribution is 0.242. The standard InChI is InChI=1S/C15H16ClN/c1-17(2)15(16)9-12-7-3-5-11-6-4-8-13(10-15)14(11)12/h3-8H,9-10H2,1-2H3. The average Bonchev–Trinajstić information content (AvgIpc) is 2.29. The van der Waals surface area contributed by atoms with Crippen LogP contribution in [-0.4, -0.2) is 24.0 Å². The highest BCUT2D eigenvalue weighted by molar-refractivity contribution is 6.24. The van der Waals surface area contributed by atoms with Gasteiger partial charge < -0.3 is 0 Å². The van der Waals surface area contributed by atoms with Crippen molar-refractivity contribution in [1.82, 2.24) is 4.90 Å². The van der Waals surface area contributed by atoms with E-state index in [1.807, 2.05) is 0 Å². The Morgan fingerprint density at radius 1 is 1.00 bits per heavy atom. The molecule has 0 spiro atoms. The largest absolute Gasteiger partial charge is 0.291 e. The van der Waals surface area contributed by atoms with Gasteiger partial charge >= 0.3 is 0 Å². The zero-order valence-corrected chi connectivity index (χ0v) is 11.0. The van der Waals surface area contributed by atoms with Crippen molar-refractivity contribution in [3.05, 3.63) is 47.5 Å². The molecule has 3 rings (SSSR count). The smallest absolute Gasteiger partial charge is 0.104 e. The molecule has 1 aliphatic rings. The highest BCUT2D eigenvalue weighted by atomic mass is 35.5. The van der Waals surface area contributed by atoms with Crippen LogP contribution in [0.2, 0.25) is 0 Å². The number of likely N-dealkylation sites (N-methyl/N-ethyl adjacent to an activating group) is 1. The first kappa shape index (κ1) is 11.1. The number of hydrogen-bond donors (Lipinski definition) is 0. The van der Waals surface area contributed by atoms with Crippen LogP contribution in [0.4, 0.5) is 0 Å². The third-order valence-electron chi connectivity index (χ3n) is 3.80. The van der Waals surface area contributed by atoms with Crippen molar-refractivity contribution in [1.29, 1.82) is 0 Å². The van der Waals surface area contributed by atoms with Gasteiger partial charge in [0.25, 0.3) is 0 Å². The fourth-order valence-electron chi connectivity index (χ4n) is 2.76. The van der Waals surface area contributed by atoms with Gasteiger partial charge in [-0.2, -0.15) is 0 Å². The Hall–Kier alpha value is -1.05. The molecule has 0 aromatic heterocycles. The average molecular weight is 246 g/mol. The topological polar surface area (TPSA) is 3.24 Å². The minimum Gasteiger partial charge on any atom is -0.291 e. The van der Waals surface area contributed by atoms with Gasteiger partial charge in [-0.1, -0.05) is 36.4 Å². The molecule has 0 radical (unpaired) electrons. The van der Waals surface area contributed by atoms with Crippen molar-refractivity contribution in [2.24, 2.45) is 0 Å². The second kappa shape index (κ2) is 3.72. The predicted octanol–water partition coefficient (Wildman–Crippen LogP) is 3.44. The van der Waals surface area contributed by atoms with Crippen LogP contribution >= 0.6 is 11.6 Å². The molecule has 0 aliphatic heterocycles. The summed E-state index contributed by atoms with van der Waals surface area (Å²) in [6.45, 7) is 0. The lowest BCUT2D eigenvalue weighted by Gasteiger charge is -2.38. The molecule has 17 heavy (non-hydrogen) atoms. The van der Waals surface area contributed by atoms with Crippen LogP contribution < -0.4 is 0 Å². The maximum absolute atomic E-state index is 6.75.